The molecule has 0 spiro atoms. The van der Waals surface area contributed by atoms with Crippen LogP contribution in [-0.4, -0.2) is 9.78 Å². The minimum absolute atomic E-state index is 0.978. The van der Waals surface area contributed by atoms with Crippen molar-refractivity contribution in [1.82, 2.24) is 9.78 Å². The minimum atomic E-state index is 0.978. The van der Waals surface area contributed by atoms with Gasteiger partial charge in [0.15, 0.2) is 0 Å². The van der Waals surface area contributed by atoms with Crippen molar-refractivity contribution in [1.29, 1.82) is 0 Å². The van der Waals surface area contributed by atoms with Crippen molar-refractivity contribution in [2.45, 2.75) is 54.0 Å². The molecule has 0 radical (unpaired) electrons. The van der Waals surface area contributed by atoms with Crippen LogP contribution in [0.15, 0.2) is 6.07 Å². The quantitative estimate of drug-likeness (QED) is 0.687. The van der Waals surface area contributed by atoms with Gasteiger partial charge in [-0.3, -0.25) is 4.68 Å². The van der Waals surface area contributed by atoms with E-state index in [1.54, 1.807) is 0 Å². The topological polar surface area (TPSA) is 17.8 Å². The van der Waals surface area contributed by atoms with Crippen molar-refractivity contribution in [3.8, 4) is 0 Å². The van der Waals surface area contributed by atoms with Gasteiger partial charge in [-0.15, -0.1) is 0 Å². The number of nitrogens with zero attached hydrogens (tertiary/aromatic N) is 2. The molecular weight excluding hydrogens is 160 g/mol. The van der Waals surface area contributed by atoms with E-state index in [-0.39, 0.29) is 0 Å². The molecule has 0 aliphatic rings. The number of hydrogen-bond donors (Lipinski definition) is 0. The lowest BCUT2D eigenvalue weighted by atomic mass is 10.3. The molecule has 0 atom stereocenters. The van der Waals surface area contributed by atoms with Gasteiger partial charge in [0.25, 0.3) is 0 Å². The Labute approximate surface area is 82.0 Å². The Morgan fingerprint density at radius 1 is 1.23 bits per heavy atom. The second-order valence-corrected chi connectivity index (χ2v) is 3.15. The fourth-order valence-corrected chi connectivity index (χ4v) is 1.07. The highest BCUT2D eigenvalue weighted by molar-refractivity contribution is 5.08. The molecular formula is C11H22N2. The molecule has 0 aromatic carbocycles. The van der Waals surface area contributed by atoms with Crippen LogP contribution in [0.3, 0.4) is 0 Å². The van der Waals surface area contributed by atoms with E-state index >= 15 is 0 Å². The second-order valence-electron chi connectivity index (χ2n) is 3.15. The lowest BCUT2D eigenvalue weighted by Gasteiger charge is -1.95. The molecule has 1 heterocycles. The first-order valence-corrected chi connectivity index (χ1v) is 5.22. The Kier molecular flexibility index (Phi) is 6.29. The molecule has 0 saturated heterocycles. The van der Waals surface area contributed by atoms with Crippen LogP contribution in [0.4, 0.5) is 0 Å². The van der Waals surface area contributed by atoms with Gasteiger partial charge in [0.2, 0.25) is 0 Å². The maximum atomic E-state index is 4.36. The van der Waals surface area contributed by atoms with Crippen LogP contribution in [-0.2, 0) is 13.0 Å². The lowest BCUT2D eigenvalue weighted by Crippen LogP contribution is -1.98. The zero-order valence-corrected chi connectivity index (χ0v) is 9.59. The normalized spacial score (nSPS) is 9.31. The Bertz CT molecular complexity index is 226. The Hall–Kier alpha value is -0.790. The molecule has 0 N–H and O–H groups in total. The molecule has 0 amide bonds. The first-order chi connectivity index (χ1) is 6.19. The molecule has 0 bridgehead atoms. The molecule has 1 aromatic heterocycles. The van der Waals surface area contributed by atoms with Crippen LogP contribution in [0, 0.1) is 6.92 Å². The first-order valence-electron chi connectivity index (χ1n) is 5.22. The van der Waals surface area contributed by atoms with E-state index in [0.717, 1.165) is 13.0 Å². The molecule has 2 nitrogen and oxygen atoms in total. The van der Waals surface area contributed by atoms with E-state index in [9.17, 15) is 0 Å². The SMILES string of the molecule is CCC.CCc1cc(C)n(CC)n1. The molecule has 0 aliphatic heterocycles. The maximum absolute atomic E-state index is 4.36. The summed E-state index contributed by atoms with van der Waals surface area (Å²) in [6, 6.07) is 2.14. The van der Waals surface area contributed by atoms with E-state index in [2.05, 4.69) is 45.8 Å². The van der Waals surface area contributed by atoms with Gasteiger partial charge in [-0.2, -0.15) is 5.10 Å². The fraction of sp³-hybridized carbons (Fsp3) is 0.727. The molecule has 0 unspecified atom stereocenters. The molecule has 2 heteroatoms. The first kappa shape index (κ1) is 12.2. The van der Waals surface area contributed by atoms with Gasteiger partial charge < -0.3 is 0 Å². The van der Waals surface area contributed by atoms with Gasteiger partial charge >= 0.3 is 0 Å². The van der Waals surface area contributed by atoms with Crippen molar-refractivity contribution < 1.29 is 0 Å². The highest BCUT2D eigenvalue weighted by Crippen LogP contribution is 2.02. The van der Waals surface area contributed by atoms with Crippen LogP contribution in [0.2, 0.25) is 0 Å². The summed E-state index contributed by atoms with van der Waals surface area (Å²) in [7, 11) is 0. The van der Waals surface area contributed by atoms with E-state index in [4.69, 9.17) is 0 Å². The van der Waals surface area contributed by atoms with Gasteiger partial charge in [-0.1, -0.05) is 27.2 Å². The Morgan fingerprint density at radius 2 is 1.77 bits per heavy atom. The average Bonchev–Trinajstić information content (AvgIpc) is 2.47. The van der Waals surface area contributed by atoms with Crippen LogP contribution < -0.4 is 0 Å². The average molecular weight is 182 g/mol. The summed E-state index contributed by atoms with van der Waals surface area (Å²) in [4.78, 5) is 0. The fourth-order valence-electron chi connectivity index (χ4n) is 1.07. The molecule has 1 aromatic rings. The summed E-state index contributed by atoms with van der Waals surface area (Å²) in [5.74, 6) is 0. The standard InChI is InChI=1S/C8H14N2.C3H8/c1-4-8-6-7(3)10(5-2)9-8;1-3-2/h6H,4-5H2,1-3H3;3H2,1-2H3. The third-order valence-electron chi connectivity index (χ3n) is 1.69. The highest BCUT2D eigenvalue weighted by atomic mass is 15.3. The zero-order chi connectivity index (χ0) is 10.3. The summed E-state index contributed by atoms with van der Waals surface area (Å²) < 4.78 is 2.03. The summed E-state index contributed by atoms with van der Waals surface area (Å²) in [5, 5.41) is 4.36. The molecule has 0 aliphatic carbocycles. The predicted octanol–water partition coefficient (Wildman–Crippen LogP) is 3.19. The number of rotatable bonds is 2. The minimum Gasteiger partial charge on any atom is -0.270 e. The van der Waals surface area contributed by atoms with Gasteiger partial charge in [-0.25, -0.2) is 0 Å². The second kappa shape index (κ2) is 6.70. The zero-order valence-electron chi connectivity index (χ0n) is 9.59. The smallest absolute Gasteiger partial charge is 0.0624 e. The van der Waals surface area contributed by atoms with Crippen molar-refractivity contribution in [3.63, 3.8) is 0 Å². The van der Waals surface area contributed by atoms with Gasteiger partial charge in [0, 0.05) is 12.2 Å². The predicted molar refractivity (Wildman–Crippen MR) is 58.0 cm³/mol. The van der Waals surface area contributed by atoms with E-state index in [1.165, 1.54) is 17.8 Å². The van der Waals surface area contributed by atoms with Crippen LogP contribution >= 0.6 is 0 Å². The number of aryl methyl sites for hydroxylation is 3. The lowest BCUT2D eigenvalue weighted by molar-refractivity contribution is 0.630. The molecule has 0 fully saturated rings. The highest BCUT2D eigenvalue weighted by Gasteiger charge is 1.98. The van der Waals surface area contributed by atoms with Gasteiger partial charge in [-0.05, 0) is 26.3 Å². The largest absolute Gasteiger partial charge is 0.270 e. The van der Waals surface area contributed by atoms with Crippen LogP contribution in [0.25, 0.3) is 0 Å². The van der Waals surface area contributed by atoms with Crippen molar-refractivity contribution in [2.75, 3.05) is 0 Å². The maximum Gasteiger partial charge on any atom is 0.0624 e. The van der Waals surface area contributed by atoms with Crippen molar-refractivity contribution in [3.05, 3.63) is 17.5 Å². The van der Waals surface area contributed by atoms with Crippen molar-refractivity contribution in [2.24, 2.45) is 0 Å². The summed E-state index contributed by atoms with van der Waals surface area (Å²) in [6.45, 7) is 11.6. The number of hydrogen-bond acceptors (Lipinski definition) is 1. The van der Waals surface area contributed by atoms with Gasteiger partial charge in [0.1, 0.15) is 0 Å². The molecule has 13 heavy (non-hydrogen) atoms. The molecule has 1 rings (SSSR count). The summed E-state index contributed by atoms with van der Waals surface area (Å²) >= 11 is 0. The van der Waals surface area contributed by atoms with Crippen molar-refractivity contribution >= 4 is 0 Å². The third kappa shape index (κ3) is 4.11. The third-order valence-corrected chi connectivity index (χ3v) is 1.69. The Balaban J connectivity index is 0.000000424. The summed E-state index contributed by atoms with van der Waals surface area (Å²) in [6.07, 6.45) is 2.29. The molecule has 76 valence electrons. The Morgan fingerprint density at radius 3 is 2.00 bits per heavy atom. The monoisotopic (exact) mass is 182 g/mol. The number of aromatic nitrogens is 2. The van der Waals surface area contributed by atoms with E-state index < -0.39 is 0 Å². The summed E-state index contributed by atoms with van der Waals surface area (Å²) in [5.41, 5.74) is 2.46. The molecule has 0 saturated carbocycles. The van der Waals surface area contributed by atoms with E-state index in [0.29, 0.717) is 0 Å². The van der Waals surface area contributed by atoms with Gasteiger partial charge in [0.05, 0.1) is 5.69 Å². The van der Waals surface area contributed by atoms with Crippen LogP contribution in [0.5, 0.6) is 0 Å². The van der Waals surface area contributed by atoms with E-state index in [1.807, 2.05) is 4.68 Å². The van der Waals surface area contributed by atoms with Crippen LogP contribution in [0.1, 0.15) is 45.5 Å².